The van der Waals surface area contributed by atoms with Crippen LogP contribution in [0.3, 0.4) is 0 Å². The van der Waals surface area contributed by atoms with Crippen LogP contribution in [0.5, 0.6) is 11.5 Å². The number of anilines is 1. The van der Waals surface area contributed by atoms with Crippen molar-refractivity contribution in [1.82, 2.24) is 4.90 Å². The summed E-state index contributed by atoms with van der Waals surface area (Å²) in [6, 6.07) is 11.7. The molecule has 9 heteroatoms. The number of ether oxygens (including phenoxy) is 2. The average Bonchev–Trinajstić information content (AvgIpc) is 2.63. The van der Waals surface area contributed by atoms with Crippen molar-refractivity contribution < 1.29 is 19.2 Å². The van der Waals surface area contributed by atoms with Crippen LogP contribution in [0, 0.1) is 10.1 Å². The van der Waals surface area contributed by atoms with Crippen LogP contribution >= 0.6 is 15.9 Å². The number of fused-ring (bicyclic) bond motifs is 1. The van der Waals surface area contributed by atoms with Crippen LogP contribution in [0.4, 0.5) is 11.4 Å². The zero-order chi connectivity index (χ0) is 19.4. The maximum Gasteiger partial charge on any atom is 0.270 e. The molecule has 2 aromatic rings. The van der Waals surface area contributed by atoms with Crippen molar-refractivity contribution in [1.29, 1.82) is 0 Å². The summed E-state index contributed by atoms with van der Waals surface area (Å²) in [5.74, 6) is 1.18. The lowest BCUT2D eigenvalue weighted by molar-refractivity contribution is -0.384. The summed E-state index contributed by atoms with van der Waals surface area (Å²) >= 11 is 3.24. The Morgan fingerprint density at radius 3 is 2.78 bits per heavy atom. The van der Waals surface area contributed by atoms with Crippen molar-refractivity contribution in [2.24, 2.45) is 0 Å². The predicted octanol–water partition coefficient (Wildman–Crippen LogP) is 3.07. The molecule has 2 aromatic carbocycles. The second kappa shape index (κ2) is 8.36. The Bertz CT molecular complexity index is 861. The molecule has 0 aliphatic carbocycles. The van der Waals surface area contributed by atoms with Gasteiger partial charge in [0.15, 0.2) is 11.5 Å². The first-order chi connectivity index (χ1) is 12.9. The third-order valence-electron chi connectivity index (χ3n) is 3.93. The number of non-ortho nitro benzene ring substituents is 1. The minimum absolute atomic E-state index is 0.0493. The molecule has 27 heavy (non-hydrogen) atoms. The number of nitrogens with zero attached hydrogens (tertiary/aromatic N) is 2. The van der Waals surface area contributed by atoms with Crippen LogP contribution in [0.1, 0.15) is 0 Å². The molecule has 1 N–H and O–H groups in total. The third kappa shape index (κ3) is 4.95. The minimum atomic E-state index is -0.492. The quantitative estimate of drug-likeness (QED) is 0.553. The highest BCUT2D eigenvalue weighted by molar-refractivity contribution is 9.10. The van der Waals surface area contributed by atoms with E-state index in [-0.39, 0.29) is 24.2 Å². The molecule has 1 amide bonds. The third-order valence-corrected chi connectivity index (χ3v) is 4.59. The number of nitrogens with one attached hydrogen (secondary N) is 1. The van der Waals surface area contributed by atoms with E-state index in [1.807, 2.05) is 36.2 Å². The Labute approximate surface area is 164 Å². The van der Waals surface area contributed by atoms with Crippen LogP contribution in [-0.2, 0) is 4.79 Å². The van der Waals surface area contributed by atoms with Gasteiger partial charge in [-0.1, -0.05) is 12.1 Å². The molecule has 0 aromatic heterocycles. The van der Waals surface area contributed by atoms with Gasteiger partial charge in [0.2, 0.25) is 5.91 Å². The monoisotopic (exact) mass is 435 g/mol. The van der Waals surface area contributed by atoms with Crippen molar-refractivity contribution in [2.75, 3.05) is 32.1 Å². The zero-order valence-electron chi connectivity index (χ0n) is 14.6. The fourth-order valence-electron chi connectivity index (χ4n) is 2.72. The molecule has 0 fully saturated rings. The van der Waals surface area contributed by atoms with Crippen molar-refractivity contribution in [2.45, 2.75) is 6.10 Å². The lowest BCUT2D eigenvalue weighted by atomic mass is 10.2. The topological polar surface area (TPSA) is 93.9 Å². The number of para-hydroxylation sites is 2. The molecule has 1 aliphatic rings. The number of carbonyl (C=O) groups is 1. The first-order valence-corrected chi connectivity index (χ1v) is 9.02. The Balaban J connectivity index is 1.52. The van der Waals surface area contributed by atoms with E-state index in [2.05, 4.69) is 21.2 Å². The van der Waals surface area contributed by atoms with Gasteiger partial charge in [0.05, 0.1) is 17.2 Å². The molecular weight excluding hydrogens is 418 g/mol. The predicted molar refractivity (Wildman–Crippen MR) is 103 cm³/mol. The molecule has 0 bridgehead atoms. The van der Waals surface area contributed by atoms with Crippen molar-refractivity contribution >= 4 is 33.2 Å². The van der Waals surface area contributed by atoms with Gasteiger partial charge in [0, 0.05) is 23.2 Å². The van der Waals surface area contributed by atoms with E-state index in [9.17, 15) is 14.9 Å². The number of carbonyl (C=O) groups excluding carboxylic acids is 1. The molecule has 0 saturated heterocycles. The summed E-state index contributed by atoms with van der Waals surface area (Å²) < 4.78 is 12.0. The highest BCUT2D eigenvalue weighted by Gasteiger charge is 2.22. The normalized spacial score (nSPS) is 15.4. The van der Waals surface area contributed by atoms with Gasteiger partial charge in [-0.05, 0) is 41.2 Å². The van der Waals surface area contributed by atoms with Crippen LogP contribution in [0.25, 0.3) is 0 Å². The Morgan fingerprint density at radius 2 is 2.07 bits per heavy atom. The summed E-state index contributed by atoms with van der Waals surface area (Å²) in [7, 11) is 1.81. The molecule has 0 radical (unpaired) electrons. The number of amides is 1. The van der Waals surface area contributed by atoms with Gasteiger partial charge in [-0.3, -0.25) is 19.8 Å². The Kier molecular flexibility index (Phi) is 5.92. The number of rotatable bonds is 6. The fourth-order valence-corrected chi connectivity index (χ4v) is 3.18. The Hall–Kier alpha value is -2.65. The lowest BCUT2D eigenvalue weighted by Gasteiger charge is -2.29. The lowest BCUT2D eigenvalue weighted by Crippen LogP contribution is -2.42. The van der Waals surface area contributed by atoms with E-state index in [1.165, 1.54) is 18.2 Å². The largest absolute Gasteiger partial charge is 0.486 e. The molecular formula is C18H18BrN3O5. The SMILES string of the molecule is CN(CC(=O)Nc1ccc([N+](=O)[O-])cc1Br)CC1COc2ccccc2O1. The van der Waals surface area contributed by atoms with Gasteiger partial charge in [0.1, 0.15) is 12.7 Å². The van der Waals surface area contributed by atoms with E-state index in [4.69, 9.17) is 9.47 Å². The van der Waals surface area contributed by atoms with E-state index in [0.29, 0.717) is 29.1 Å². The van der Waals surface area contributed by atoms with Gasteiger partial charge in [0.25, 0.3) is 5.69 Å². The molecule has 1 unspecified atom stereocenters. The number of hydrogen-bond donors (Lipinski definition) is 1. The summed E-state index contributed by atoms with van der Waals surface area (Å²) in [6.45, 7) is 1.07. The second-order valence-electron chi connectivity index (χ2n) is 6.16. The van der Waals surface area contributed by atoms with Crippen molar-refractivity contribution in [3.8, 4) is 11.5 Å². The van der Waals surface area contributed by atoms with E-state index in [1.54, 1.807) is 0 Å². The first kappa shape index (κ1) is 19.1. The first-order valence-electron chi connectivity index (χ1n) is 8.23. The molecule has 3 rings (SSSR count). The number of nitro groups is 1. The molecule has 1 heterocycles. The van der Waals surface area contributed by atoms with Crippen LogP contribution in [0.2, 0.25) is 0 Å². The molecule has 142 valence electrons. The highest BCUT2D eigenvalue weighted by atomic mass is 79.9. The molecule has 1 atom stereocenters. The number of benzene rings is 2. The smallest absolute Gasteiger partial charge is 0.270 e. The Morgan fingerprint density at radius 1 is 1.33 bits per heavy atom. The summed E-state index contributed by atoms with van der Waals surface area (Å²) in [5.41, 5.74) is 0.428. The van der Waals surface area contributed by atoms with E-state index >= 15 is 0 Å². The number of nitro benzene ring substituents is 1. The summed E-state index contributed by atoms with van der Waals surface area (Å²) in [5, 5.41) is 13.5. The molecule has 0 spiro atoms. The number of halogens is 1. The fraction of sp³-hybridized carbons (Fsp3) is 0.278. The van der Waals surface area contributed by atoms with Crippen LogP contribution in [-0.4, -0.2) is 48.6 Å². The van der Waals surface area contributed by atoms with Gasteiger partial charge in [-0.25, -0.2) is 0 Å². The van der Waals surface area contributed by atoms with E-state index in [0.717, 1.165) is 5.75 Å². The van der Waals surface area contributed by atoms with Crippen molar-refractivity contribution in [3.63, 3.8) is 0 Å². The number of likely N-dealkylation sites (N-methyl/N-ethyl adjacent to an activating group) is 1. The molecule has 1 aliphatic heterocycles. The van der Waals surface area contributed by atoms with Gasteiger partial charge in [-0.2, -0.15) is 0 Å². The summed E-state index contributed by atoms with van der Waals surface area (Å²) in [4.78, 5) is 24.4. The maximum absolute atomic E-state index is 12.3. The average molecular weight is 436 g/mol. The number of hydrogen-bond acceptors (Lipinski definition) is 6. The van der Waals surface area contributed by atoms with Crippen LogP contribution in [0.15, 0.2) is 46.9 Å². The molecule has 8 nitrogen and oxygen atoms in total. The zero-order valence-corrected chi connectivity index (χ0v) is 16.1. The second-order valence-corrected chi connectivity index (χ2v) is 7.02. The van der Waals surface area contributed by atoms with Gasteiger partial charge >= 0.3 is 0 Å². The highest BCUT2D eigenvalue weighted by Crippen LogP contribution is 2.31. The maximum atomic E-state index is 12.3. The van der Waals surface area contributed by atoms with Gasteiger partial charge < -0.3 is 14.8 Å². The molecule has 0 saturated carbocycles. The van der Waals surface area contributed by atoms with Crippen LogP contribution < -0.4 is 14.8 Å². The van der Waals surface area contributed by atoms with E-state index < -0.39 is 4.92 Å². The minimum Gasteiger partial charge on any atom is -0.486 e. The summed E-state index contributed by atoms with van der Waals surface area (Å²) in [6.07, 6.45) is -0.177. The van der Waals surface area contributed by atoms with Crippen molar-refractivity contribution in [3.05, 3.63) is 57.1 Å². The standard InChI is InChI=1S/C18H18BrN3O5/c1-21(9-13-11-26-16-4-2-3-5-17(16)27-13)10-18(23)20-15-7-6-12(22(24)25)8-14(15)19/h2-8,13H,9-11H2,1H3,(H,20,23). The van der Waals surface area contributed by atoms with Gasteiger partial charge in [-0.15, -0.1) is 0 Å².